The van der Waals surface area contributed by atoms with Gasteiger partial charge in [0.25, 0.3) is 0 Å². The highest BCUT2D eigenvalue weighted by molar-refractivity contribution is 5.71. The van der Waals surface area contributed by atoms with Gasteiger partial charge in [-0.1, -0.05) is 324 Å². The Labute approximate surface area is 438 Å². The van der Waals surface area contributed by atoms with E-state index in [4.69, 9.17) is 14.2 Å². The quantitative estimate of drug-likeness (QED) is 0.0343. The lowest BCUT2D eigenvalue weighted by atomic mass is 9.99. The summed E-state index contributed by atoms with van der Waals surface area (Å²) in [6.45, 7) is 11.5. The van der Waals surface area contributed by atoms with Crippen molar-refractivity contribution in [3.8, 4) is 0 Å². The van der Waals surface area contributed by atoms with Crippen LogP contribution in [0.2, 0.25) is 0 Å². The van der Waals surface area contributed by atoms with Crippen LogP contribution in [0.5, 0.6) is 0 Å². The molecule has 0 aliphatic rings. The van der Waals surface area contributed by atoms with Gasteiger partial charge in [-0.3, -0.25) is 14.4 Å². The fourth-order valence-electron chi connectivity index (χ4n) is 9.90. The molecule has 0 radical (unpaired) electrons. The summed E-state index contributed by atoms with van der Waals surface area (Å²) in [5.74, 6) is 0.895. The van der Waals surface area contributed by atoms with Gasteiger partial charge in [0.05, 0.1) is 0 Å². The first-order valence-electron chi connectivity index (χ1n) is 31.8. The summed E-state index contributed by atoms with van der Waals surface area (Å²) in [7, 11) is 0. The van der Waals surface area contributed by atoms with Crippen LogP contribution in [0, 0.1) is 11.8 Å². The van der Waals surface area contributed by atoms with Crippen LogP contribution in [0.3, 0.4) is 0 Å². The van der Waals surface area contributed by atoms with Crippen LogP contribution in [-0.2, 0) is 28.6 Å². The van der Waals surface area contributed by atoms with E-state index in [0.29, 0.717) is 19.3 Å². The van der Waals surface area contributed by atoms with Gasteiger partial charge >= 0.3 is 17.9 Å². The molecule has 6 nitrogen and oxygen atoms in total. The van der Waals surface area contributed by atoms with E-state index in [9.17, 15) is 14.4 Å². The van der Waals surface area contributed by atoms with Crippen LogP contribution in [-0.4, -0.2) is 37.2 Å². The molecule has 0 fully saturated rings. The number of carbonyl (C=O) groups is 3. The van der Waals surface area contributed by atoms with Gasteiger partial charge in [-0.05, 0) is 31.1 Å². The maximum absolute atomic E-state index is 12.9. The van der Waals surface area contributed by atoms with Gasteiger partial charge in [-0.25, -0.2) is 0 Å². The van der Waals surface area contributed by atoms with E-state index < -0.39 is 6.10 Å². The van der Waals surface area contributed by atoms with Crippen LogP contribution in [0.15, 0.2) is 0 Å². The lowest BCUT2D eigenvalue weighted by Gasteiger charge is -2.18. The Kier molecular flexibility index (Phi) is 55.4. The summed E-state index contributed by atoms with van der Waals surface area (Å²) in [4.78, 5) is 38.3. The highest BCUT2D eigenvalue weighted by atomic mass is 16.6. The summed E-state index contributed by atoms with van der Waals surface area (Å²) in [5, 5.41) is 0. The topological polar surface area (TPSA) is 78.9 Å². The maximum atomic E-state index is 12.9. The zero-order valence-corrected chi connectivity index (χ0v) is 48.2. The first-order chi connectivity index (χ1) is 34.3. The van der Waals surface area contributed by atoms with E-state index in [1.165, 1.54) is 250 Å². The van der Waals surface area contributed by atoms with Crippen LogP contribution in [0.4, 0.5) is 0 Å². The van der Waals surface area contributed by atoms with Gasteiger partial charge in [0.15, 0.2) is 6.10 Å². The van der Waals surface area contributed by atoms with Crippen LogP contribution >= 0.6 is 0 Å². The van der Waals surface area contributed by atoms with Gasteiger partial charge < -0.3 is 14.2 Å². The van der Waals surface area contributed by atoms with E-state index >= 15 is 0 Å². The first-order valence-corrected chi connectivity index (χ1v) is 31.8. The van der Waals surface area contributed by atoms with Crippen molar-refractivity contribution in [3.05, 3.63) is 0 Å². The average Bonchev–Trinajstić information content (AvgIpc) is 3.35. The molecule has 0 aromatic carbocycles. The van der Waals surface area contributed by atoms with E-state index in [1.807, 2.05) is 0 Å². The number of hydrogen-bond acceptors (Lipinski definition) is 6. The van der Waals surface area contributed by atoms with Crippen molar-refractivity contribution in [2.45, 2.75) is 368 Å². The fraction of sp³-hybridized carbons (Fsp3) is 0.953. The smallest absolute Gasteiger partial charge is 0.306 e. The Morgan fingerprint density at radius 1 is 0.300 bits per heavy atom. The van der Waals surface area contributed by atoms with E-state index in [0.717, 1.165) is 69.6 Å². The van der Waals surface area contributed by atoms with Gasteiger partial charge in [-0.2, -0.15) is 0 Å². The molecule has 0 aromatic heterocycles. The molecule has 0 rings (SSSR count). The Balaban J connectivity index is 4.27. The Morgan fingerprint density at radius 3 is 0.814 bits per heavy atom. The van der Waals surface area contributed by atoms with Gasteiger partial charge in [-0.15, -0.1) is 0 Å². The molecular weight excluding hydrogens is 865 g/mol. The van der Waals surface area contributed by atoms with Crippen LogP contribution in [0.1, 0.15) is 362 Å². The second-order valence-corrected chi connectivity index (χ2v) is 22.8. The van der Waals surface area contributed by atoms with Gasteiger partial charge in [0.2, 0.25) is 0 Å². The summed E-state index contributed by atoms with van der Waals surface area (Å²) in [5.41, 5.74) is 0. The number of rotatable bonds is 58. The molecule has 0 spiro atoms. The van der Waals surface area contributed by atoms with Crippen molar-refractivity contribution in [2.75, 3.05) is 13.2 Å². The van der Waals surface area contributed by atoms with E-state index in [1.54, 1.807) is 0 Å². The molecule has 0 aromatic rings. The molecule has 0 bridgehead atoms. The van der Waals surface area contributed by atoms with Crippen molar-refractivity contribution in [1.82, 2.24) is 0 Å². The van der Waals surface area contributed by atoms with Crippen LogP contribution < -0.4 is 0 Å². The predicted molar refractivity (Wildman–Crippen MR) is 303 cm³/mol. The monoisotopic (exact) mass is 989 g/mol. The molecule has 416 valence electrons. The first kappa shape index (κ1) is 68.4. The molecular formula is C64H124O6. The highest BCUT2D eigenvalue weighted by Gasteiger charge is 2.19. The Bertz CT molecular complexity index is 1070. The minimum absolute atomic E-state index is 0.0621. The van der Waals surface area contributed by atoms with E-state index in [-0.39, 0.29) is 31.1 Å². The number of carbonyl (C=O) groups excluding carboxylic acids is 3. The van der Waals surface area contributed by atoms with Gasteiger partial charge in [0, 0.05) is 19.3 Å². The summed E-state index contributed by atoms with van der Waals surface area (Å²) < 4.78 is 17.0. The fourth-order valence-corrected chi connectivity index (χ4v) is 9.90. The molecule has 2 atom stereocenters. The zero-order valence-electron chi connectivity index (χ0n) is 48.2. The standard InChI is InChI=1S/C64H124O6/c1-6-8-9-10-11-12-13-14-15-18-22-25-28-34-39-44-49-54-62(65)68-57-61(58-69-63(66)55-50-45-40-35-31-30-33-38-43-48-53-60(5)7-2)70-64(67)56-51-46-41-36-29-26-23-20-17-16-19-21-24-27-32-37-42-47-52-59(3)4/h59-61H,6-58H2,1-5H3/t60?,61-/m0/s1. The Hall–Kier alpha value is -1.59. The maximum Gasteiger partial charge on any atom is 0.306 e. The molecule has 0 saturated carbocycles. The molecule has 0 aliphatic heterocycles. The van der Waals surface area contributed by atoms with Gasteiger partial charge in [0.1, 0.15) is 13.2 Å². The molecule has 0 saturated heterocycles. The van der Waals surface area contributed by atoms with Crippen molar-refractivity contribution >= 4 is 17.9 Å². The van der Waals surface area contributed by atoms with Crippen molar-refractivity contribution < 1.29 is 28.6 Å². The van der Waals surface area contributed by atoms with Crippen LogP contribution in [0.25, 0.3) is 0 Å². The zero-order chi connectivity index (χ0) is 51.1. The number of esters is 3. The van der Waals surface area contributed by atoms with Crippen molar-refractivity contribution in [3.63, 3.8) is 0 Å². The molecule has 0 aliphatic carbocycles. The third kappa shape index (κ3) is 55.7. The summed E-state index contributed by atoms with van der Waals surface area (Å²) >= 11 is 0. The molecule has 0 N–H and O–H groups in total. The number of ether oxygens (including phenoxy) is 3. The minimum Gasteiger partial charge on any atom is -0.462 e. The van der Waals surface area contributed by atoms with Crippen molar-refractivity contribution in [1.29, 1.82) is 0 Å². The number of hydrogen-bond donors (Lipinski definition) is 0. The summed E-state index contributed by atoms with van der Waals surface area (Å²) in [6, 6.07) is 0. The Morgan fingerprint density at radius 2 is 0.543 bits per heavy atom. The SMILES string of the molecule is CCCCCCCCCCCCCCCCCCCC(=O)OC[C@@H](COC(=O)CCCCCCCCCCCCC(C)CC)OC(=O)CCCCCCCCCCCCCCCCCCCCC(C)C. The second kappa shape index (κ2) is 56.7. The molecule has 0 heterocycles. The molecule has 0 amide bonds. The average molecular weight is 990 g/mol. The number of unbranched alkanes of at least 4 members (excludes halogenated alkanes) is 42. The predicted octanol–water partition coefficient (Wildman–Crippen LogP) is 21.2. The minimum atomic E-state index is -0.764. The third-order valence-electron chi connectivity index (χ3n) is 15.1. The normalized spacial score (nSPS) is 12.4. The largest absolute Gasteiger partial charge is 0.462 e. The second-order valence-electron chi connectivity index (χ2n) is 22.8. The lowest BCUT2D eigenvalue weighted by molar-refractivity contribution is -0.167. The lowest BCUT2D eigenvalue weighted by Crippen LogP contribution is -2.30. The molecule has 70 heavy (non-hydrogen) atoms. The van der Waals surface area contributed by atoms with Crippen molar-refractivity contribution in [2.24, 2.45) is 11.8 Å². The molecule has 6 heteroatoms. The third-order valence-corrected chi connectivity index (χ3v) is 15.1. The highest BCUT2D eigenvalue weighted by Crippen LogP contribution is 2.19. The summed E-state index contributed by atoms with van der Waals surface area (Å²) in [6.07, 6.45) is 62.4. The molecule has 1 unspecified atom stereocenters. The van der Waals surface area contributed by atoms with E-state index in [2.05, 4.69) is 34.6 Å².